The summed E-state index contributed by atoms with van der Waals surface area (Å²) in [6.07, 6.45) is 1.56. The summed E-state index contributed by atoms with van der Waals surface area (Å²) in [5.74, 6) is 0.482. The summed E-state index contributed by atoms with van der Waals surface area (Å²) < 4.78 is 5.22. The van der Waals surface area contributed by atoms with Crippen molar-refractivity contribution in [2.24, 2.45) is 0 Å². The van der Waals surface area contributed by atoms with Crippen LogP contribution in [0.4, 0.5) is 0 Å². The summed E-state index contributed by atoms with van der Waals surface area (Å²) in [5.41, 5.74) is 0.908. The van der Waals surface area contributed by atoms with Gasteiger partial charge >= 0.3 is 0 Å². The number of nitrogens with zero attached hydrogens (tertiary/aromatic N) is 1. The Labute approximate surface area is 89.2 Å². The fourth-order valence-corrected chi connectivity index (χ4v) is 1.78. The highest BCUT2D eigenvalue weighted by molar-refractivity contribution is 5.93. The Kier molecular flexibility index (Phi) is 2.77. The number of carbonyl (C=O) groups excluding carboxylic acids is 1. The van der Waals surface area contributed by atoms with Crippen molar-refractivity contribution in [2.75, 3.05) is 19.6 Å². The molecule has 0 saturated carbocycles. The van der Waals surface area contributed by atoms with E-state index in [-0.39, 0.29) is 5.91 Å². The van der Waals surface area contributed by atoms with Crippen molar-refractivity contribution in [3.63, 3.8) is 0 Å². The number of hydrogen-bond donors (Lipinski definition) is 1. The lowest BCUT2D eigenvalue weighted by Crippen LogP contribution is -2.58. The molecule has 0 aromatic carbocycles. The minimum Gasteiger partial charge on any atom is -0.459 e. The van der Waals surface area contributed by atoms with Crippen molar-refractivity contribution in [2.45, 2.75) is 19.9 Å². The van der Waals surface area contributed by atoms with Gasteiger partial charge in [0.2, 0.25) is 0 Å². The van der Waals surface area contributed by atoms with E-state index in [1.54, 1.807) is 6.26 Å². The zero-order chi connectivity index (χ0) is 10.8. The molecular weight excluding hydrogens is 192 g/mol. The molecular formula is C11H16N2O2. The Morgan fingerprint density at radius 2 is 2.40 bits per heavy atom. The van der Waals surface area contributed by atoms with Crippen LogP contribution in [0.2, 0.25) is 0 Å². The van der Waals surface area contributed by atoms with Crippen LogP contribution in [0.15, 0.2) is 16.7 Å². The summed E-state index contributed by atoms with van der Waals surface area (Å²) >= 11 is 0. The van der Waals surface area contributed by atoms with Gasteiger partial charge in [-0.2, -0.15) is 0 Å². The van der Waals surface area contributed by atoms with Crippen LogP contribution >= 0.6 is 0 Å². The van der Waals surface area contributed by atoms with Crippen molar-refractivity contribution in [1.82, 2.24) is 10.2 Å². The summed E-state index contributed by atoms with van der Waals surface area (Å²) in [7, 11) is 0. The largest absolute Gasteiger partial charge is 0.459 e. The van der Waals surface area contributed by atoms with Gasteiger partial charge in [-0.3, -0.25) is 4.79 Å². The van der Waals surface area contributed by atoms with E-state index < -0.39 is 0 Å². The minimum absolute atomic E-state index is 0.00602. The van der Waals surface area contributed by atoms with Gasteiger partial charge in [0, 0.05) is 25.2 Å². The van der Waals surface area contributed by atoms with Crippen LogP contribution in [0, 0.1) is 6.92 Å². The van der Waals surface area contributed by atoms with E-state index >= 15 is 0 Å². The minimum atomic E-state index is 0.00602. The quantitative estimate of drug-likeness (QED) is 0.806. The van der Waals surface area contributed by atoms with E-state index in [0.29, 0.717) is 11.8 Å². The zero-order valence-electron chi connectivity index (χ0n) is 9.12. The van der Waals surface area contributed by atoms with Crippen LogP contribution in [0.25, 0.3) is 0 Å². The number of furan rings is 1. The molecule has 1 aromatic heterocycles. The number of hydrogen-bond acceptors (Lipinski definition) is 3. The molecule has 0 spiro atoms. The number of carbonyl (C=O) groups is 1. The molecule has 1 saturated heterocycles. The third-order valence-electron chi connectivity index (χ3n) is 2.86. The zero-order valence-corrected chi connectivity index (χ0v) is 9.12. The number of rotatable bonds is 3. The molecule has 0 atom stereocenters. The van der Waals surface area contributed by atoms with Gasteiger partial charge in [-0.1, -0.05) is 0 Å². The molecule has 1 aliphatic heterocycles. The Morgan fingerprint density at radius 3 is 2.80 bits per heavy atom. The summed E-state index contributed by atoms with van der Waals surface area (Å²) in [4.78, 5) is 14.0. The molecule has 4 heteroatoms. The van der Waals surface area contributed by atoms with Gasteiger partial charge in [-0.05, 0) is 19.9 Å². The molecule has 2 rings (SSSR count). The van der Waals surface area contributed by atoms with Gasteiger partial charge in [0.15, 0.2) is 5.76 Å². The maximum absolute atomic E-state index is 12.1. The van der Waals surface area contributed by atoms with Crippen LogP contribution in [-0.2, 0) is 0 Å². The van der Waals surface area contributed by atoms with Gasteiger partial charge in [-0.25, -0.2) is 0 Å². The smallest absolute Gasteiger partial charge is 0.290 e. The monoisotopic (exact) mass is 208 g/mol. The second-order valence-corrected chi connectivity index (χ2v) is 3.84. The Hall–Kier alpha value is -1.29. The van der Waals surface area contributed by atoms with E-state index in [1.807, 2.05) is 24.8 Å². The van der Waals surface area contributed by atoms with Crippen LogP contribution in [0.3, 0.4) is 0 Å². The van der Waals surface area contributed by atoms with E-state index in [0.717, 1.165) is 25.2 Å². The number of nitrogens with one attached hydrogen (secondary N) is 1. The summed E-state index contributed by atoms with van der Waals surface area (Å²) in [6, 6.07) is 2.15. The Morgan fingerprint density at radius 1 is 1.67 bits per heavy atom. The maximum Gasteiger partial charge on any atom is 0.290 e. The predicted molar refractivity (Wildman–Crippen MR) is 56.8 cm³/mol. The molecule has 0 unspecified atom stereocenters. The second kappa shape index (κ2) is 4.06. The fourth-order valence-electron chi connectivity index (χ4n) is 1.78. The van der Waals surface area contributed by atoms with Crippen LogP contribution < -0.4 is 5.32 Å². The summed E-state index contributed by atoms with van der Waals surface area (Å²) in [6.45, 7) is 6.39. The molecule has 1 N–H and O–H groups in total. The first-order chi connectivity index (χ1) is 7.24. The number of likely N-dealkylation sites (N-methyl/N-ethyl adjacent to an activating group) is 1. The van der Waals surface area contributed by atoms with Gasteiger partial charge in [-0.15, -0.1) is 0 Å². The molecule has 0 radical (unpaired) electrons. The van der Waals surface area contributed by atoms with E-state index in [1.165, 1.54) is 0 Å². The molecule has 0 bridgehead atoms. The lowest BCUT2D eigenvalue weighted by molar-refractivity contribution is 0.0597. The molecule has 1 amide bonds. The number of amides is 1. The highest BCUT2D eigenvalue weighted by Crippen LogP contribution is 2.15. The van der Waals surface area contributed by atoms with Crippen molar-refractivity contribution < 1.29 is 9.21 Å². The first-order valence-corrected chi connectivity index (χ1v) is 5.29. The molecule has 1 fully saturated rings. The highest BCUT2D eigenvalue weighted by atomic mass is 16.3. The first kappa shape index (κ1) is 10.2. The van der Waals surface area contributed by atoms with Crippen LogP contribution in [-0.4, -0.2) is 36.5 Å². The van der Waals surface area contributed by atoms with Crippen LogP contribution in [0.5, 0.6) is 0 Å². The number of aryl methyl sites for hydroxylation is 1. The predicted octanol–water partition coefficient (Wildman–Crippen LogP) is 1.02. The van der Waals surface area contributed by atoms with Gasteiger partial charge in [0.05, 0.1) is 12.3 Å². The average Bonchev–Trinajstić information content (AvgIpc) is 2.56. The van der Waals surface area contributed by atoms with Crippen molar-refractivity contribution in [3.05, 3.63) is 23.7 Å². The van der Waals surface area contributed by atoms with Crippen molar-refractivity contribution in [3.8, 4) is 0 Å². The molecule has 82 valence electrons. The normalized spacial score (nSPS) is 16.1. The third-order valence-corrected chi connectivity index (χ3v) is 2.86. The van der Waals surface area contributed by atoms with Gasteiger partial charge < -0.3 is 14.6 Å². The van der Waals surface area contributed by atoms with Gasteiger partial charge in [0.25, 0.3) is 5.91 Å². The first-order valence-electron chi connectivity index (χ1n) is 5.29. The molecule has 1 aromatic rings. The van der Waals surface area contributed by atoms with E-state index in [9.17, 15) is 4.79 Å². The molecule has 1 aliphatic rings. The third kappa shape index (κ3) is 1.77. The van der Waals surface area contributed by atoms with E-state index in [2.05, 4.69) is 5.32 Å². The van der Waals surface area contributed by atoms with Crippen molar-refractivity contribution >= 4 is 5.91 Å². The topological polar surface area (TPSA) is 45.5 Å². The SMILES string of the molecule is CCN(C(=O)c1occc1C)C1CNC1. The van der Waals surface area contributed by atoms with Gasteiger partial charge in [0.1, 0.15) is 0 Å². The molecule has 15 heavy (non-hydrogen) atoms. The molecule has 2 heterocycles. The average molecular weight is 208 g/mol. The van der Waals surface area contributed by atoms with E-state index in [4.69, 9.17) is 4.42 Å². The lowest BCUT2D eigenvalue weighted by Gasteiger charge is -2.37. The second-order valence-electron chi connectivity index (χ2n) is 3.84. The Balaban J connectivity index is 2.14. The maximum atomic E-state index is 12.1. The summed E-state index contributed by atoms with van der Waals surface area (Å²) in [5, 5.41) is 3.17. The highest BCUT2D eigenvalue weighted by Gasteiger charge is 2.29. The lowest BCUT2D eigenvalue weighted by atomic mass is 10.1. The molecule has 0 aliphatic carbocycles. The van der Waals surface area contributed by atoms with Crippen LogP contribution in [0.1, 0.15) is 23.0 Å². The fraction of sp³-hybridized carbons (Fsp3) is 0.545. The standard InChI is InChI=1S/C11H16N2O2/c1-3-13(9-6-12-7-9)11(14)10-8(2)4-5-15-10/h4-5,9,12H,3,6-7H2,1-2H3. The molecule has 4 nitrogen and oxygen atoms in total. The van der Waals surface area contributed by atoms with Crippen molar-refractivity contribution in [1.29, 1.82) is 0 Å². The Bertz CT molecular complexity index is 355.